The number of hydrogen-bond donors (Lipinski definition) is 1. The number of halogens is 1. The summed E-state index contributed by atoms with van der Waals surface area (Å²) in [7, 11) is 3.13. The molecule has 1 aliphatic heterocycles. The Balaban J connectivity index is 1.54. The van der Waals surface area contributed by atoms with Gasteiger partial charge in [0.15, 0.2) is 18.1 Å². The molecule has 0 saturated carbocycles. The number of nitrogens with zero attached hydrogens (tertiary/aromatic N) is 2. The summed E-state index contributed by atoms with van der Waals surface area (Å²) >= 11 is 0. The predicted molar refractivity (Wildman–Crippen MR) is 115 cm³/mol. The van der Waals surface area contributed by atoms with Gasteiger partial charge in [0.05, 0.1) is 46.1 Å². The third-order valence-electron chi connectivity index (χ3n) is 5.62. The second-order valence-corrected chi connectivity index (χ2v) is 7.46. The third-order valence-corrected chi connectivity index (χ3v) is 5.62. The smallest absolute Gasteiger partial charge is 0.278 e. The monoisotopic (exact) mass is 416 g/mol. The molecule has 0 aromatic heterocycles. The van der Waals surface area contributed by atoms with Crippen LogP contribution in [0, 0.1) is 5.82 Å². The van der Waals surface area contributed by atoms with E-state index in [4.69, 9.17) is 9.47 Å². The van der Waals surface area contributed by atoms with Crippen LogP contribution in [0.4, 0.5) is 10.1 Å². The topological polar surface area (TPSA) is 46.5 Å². The number of anilines is 1. The predicted octanol–water partition coefficient (Wildman–Crippen LogP) is 1.60. The molecule has 30 heavy (non-hydrogen) atoms. The quantitative estimate of drug-likeness (QED) is 0.710. The van der Waals surface area contributed by atoms with Gasteiger partial charge in [0.2, 0.25) is 0 Å². The molecule has 0 unspecified atom stereocenters. The zero-order valence-corrected chi connectivity index (χ0v) is 18.0. The van der Waals surface area contributed by atoms with Gasteiger partial charge in [-0.2, -0.15) is 0 Å². The number of likely N-dealkylation sites (N-methyl/N-ethyl adjacent to an activating group) is 1. The van der Waals surface area contributed by atoms with E-state index < -0.39 is 5.82 Å². The molecule has 1 aliphatic rings. The van der Waals surface area contributed by atoms with Crippen molar-refractivity contribution >= 4 is 11.6 Å². The zero-order valence-electron chi connectivity index (χ0n) is 18.0. The summed E-state index contributed by atoms with van der Waals surface area (Å²) < 4.78 is 24.4. The normalized spacial score (nSPS) is 14.5. The van der Waals surface area contributed by atoms with Gasteiger partial charge in [-0.1, -0.05) is 18.2 Å². The van der Waals surface area contributed by atoms with Gasteiger partial charge in [-0.25, -0.2) is 4.39 Å². The minimum absolute atomic E-state index is 0.0921. The van der Waals surface area contributed by atoms with Crippen LogP contribution in [0.15, 0.2) is 42.5 Å². The van der Waals surface area contributed by atoms with Crippen LogP contribution in [-0.2, 0) is 11.3 Å². The second kappa shape index (κ2) is 10.3. The Morgan fingerprint density at radius 2 is 1.80 bits per heavy atom. The molecule has 0 bridgehead atoms. The molecule has 0 aliphatic carbocycles. The van der Waals surface area contributed by atoms with E-state index in [0.717, 1.165) is 43.2 Å². The summed E-state index contributed by atoms with van der Waals surface area (Å²) in [6.45, 7) is 6.91. The SMILES string of the molecule is CCN(Cc1ccc(OC)c(F)c1)C(=O)C[NH+]1CCN(c2ccccc2OC)CC1. The van der Waals surface area contributed by atoms with Gasteiger partial charge in [0, 0.05) is 13.1 Å². The molecule has 1 amide bonds. The highest BCUT2D eigenvalue weighted by molar-refractivity contribution is 5.77. The Morgan fingerprint density at radius 1 is 1.10 bits per heavy atom. The number of rotatable bonds is 8. The van der Waals surface area contributed by atoms with Crippen molar-refractivity contribution in [2.75, 3.05) is 58.4 Å². The summed E-state index contributed by atoms with van der Waals surface area (Å²) in [5.41, 5.74) is 1.86. The third kappa shape index (κ3) is 5.21. The highest BCUT2D eigenvalue weighted by Crippen LogP contribution is 2.27. The highest BCUT2D eigenvalue weighted by Gasteiger charge is 2.25. The fraction of sp³-hybridized carbons (Fsp3) is 0.435. The molecule has 3 rings (SSSR count). The number of quaternary nitrogens is 1. The Morgan fingerprint density at radius 3 is 2.43 bits per heavy atom. The number of piperazine rings is 1. The van der Waals surface area contributed by atoms with Gasteiger partial charge in [0.1, 0.15) is 5.75 Å². The first-order chi connectivity index (χ1) is 14.5. The van der Waals surface area contributed by atoms with Crippen LogP contribution >= 0.6 is 0 Å². The largest absolute Gasteiger partial charge is 0.495 e. The Hall–Kier alpha value is -2.80. The van der Waals surface area contributed by atoms with Crippen LogP contribution in [0.3, 0.4) is 0 Å². The molecule has 2 aromatic rings. The van der Waals surface area contributed by atoms with Crippen molar-refractivity contribution in [3.05, 3.63) is 53.8 Å². The maximum Gasteiger partial charge on any atom is 0.278 e. The number of hydrogen-bond acceptors (Lipinski definition) is 4. The lowest BCUT2D eigenvalue weighted by Gasteiger charge is -2.34. The number of nitrogens with one attached hydrogen (secondary N) is 1. The first kappa shape index (κ1) is 21.9. The number of amides is 1. The Labute approximate surface area is 177 Å². The Bertz CT molecular complexity index is 853. The maximum absolute atomic E-state index is 14.0. The van der Waals surface area contributed by atoms with E-state index in [9.17, 15) is 9.18 Å². The van der Waals surface area contributed by atoms with Crippen LogP contribution in [0.2, 0.25) is 0 Å². The second-order valence-electron chi connectivity index (χ2n) is 7.46. The molecule has 7 heteroatoms. The lowest BCUT2D eigenvalue weighted by atomic mass is 10.2. The molecule has 1 N–H and O–H groups in total. The first-order valence-electron chi connectivity index (χ1n) is 10.4. The molecule has 1 saturated heterocycles. The highest BCUT2D eigenvalue weighted by atomic mass is 19.1. The zero-order chi connectivity index (χ0) is 21.5. The molecule has 0 radical (unpaired) electrons. The van der Waals surface area contributed by atoms with Gasteiger partial charge in [0.25, 0.3) is 5.91 Å². The number of para-hydroxylation sites is 2. The van der Waals surface area contributed by atoms with E-state index in [2.05, 4.69) is 11.0 Å². The molecular formula is C23H31FN3O3+. The van der Waals surface area contributed by atoms with E-state index in [-0.39, 0.29) is 11.7 Å². The van der Waals surface area contributed by atoms with Crippen LogP contribution < -0.4 is 19.3 Å². The molecule has 1 fully saturated rings. The summed E-state index contributed by atoms with van der Waals surface area (Å²) in [6.07, 6.45) is 0. The fourth-order valence-electron chi connectivity index (χ4n) is 3.86. The van der Waals surface area contributed by atoms with Gasteiger partial charge in [-0.3, -0.25) is 4.79 Å². The van der Waals surface area contributed by atoms with Crippen molar-refractivity contribution in [3.63, 3.8) is 0 Å². The van der Waals surface area contributed by atoms with E-state index in [1.54, 1.807) is 24.1 Å². The van der Waals surface area contributed by atoms with E-state index in [1.165, 1.54) is 18.1 Å². The maximum atomic E-state index is 14.0. The van der Waals surface area contributed by atoms with Crippen molar-refractivity contribution in [1.29, 1.82) is 0 Å². The number of ether oxygens (including phenoxy) is 2. The van der Waals surface area contributed by atoms with Crippen molar-refractivity contribution in [1.82, 2.24) is 4.90 Å². The number of carbonyl (C=O) groups is 1. The molecule has 162 valence electrons. The minimum Gasteiger partial charge on any atom is -0.495 e. The van der Waals surface area contributed by atoms with Crippen LogP contribution in [0.1, 0.15) is 12.5 Å². The molecule has 1 heterocycles. The standard InChI is InChI=1S/C23H30FN3O3/c1-4-26(16-18-9-10-21(29-2)19(24)15-18)23(28)17-25-11-13-27(14-12-25)20-7-5-6-8-22(20)30-3/h5-10,15H,4,11-14,16-17H2,1-3H3/p+1. The summed E-state index contributed by atoms with van der Waals surface area (Å²) in [4.78, 5) is 18.2. The molecule has 2 aromatic carbocycles. The van der Waals surface area contributed by atoms with Crippen molar-refractivity contribution in [2.45, 2.75) is 13.5 Å². The molecule has 0 spiro atoms. The number of carbonyl (C=O) groups excluding carboxylic acids is 1. The summed E-state index contributed by atoms with van der Waals surface area (Å²) in [5.74, 6) is 0.775. The van der Waals surface area contributed by atoms with Crippen LogP contribution in [0.5, 0.6) is 11.5 Å². The number of benzene rings is 2. The van der Waals surface area contributed by atoms with Gasteiger partial charge in [-0.15, -0.1) is 0 Å². The van der Waals surface area contributed by atoms with E-state index in [0.29, 0.717) is 19.6 Å². The summed E-state index contributed by atoms with van der Waals surface area (Å²) in [5, 5.41) is 0. The van der Waals surface area contributed by atoms with E-state index in [1.807, 2.05) is 25.1 Å². The van der Waals surface area contributed by atoms with Crippen molar-refractivity contribution in [2.24, 2.45) is 0 Å². The summed E-state index contributed by atoms with van der Waals surface area (Å²) in [6, 6.07) is 12.9. The van der Waals surface area contributed by atoms with Gasteiger partial charge < -0.3 is 24.2 Å². The van der Waals surface area contributed by atoms with E-state index >= 15 is 0 Å². The molecule has 0 atom stereocenters. The molecule has 6 nitrogen and oxygen atoms in total. The van der Waals surface area contributed by atoms with Gasteiger partial charge in [-0.05, 0) is 36.8 Å². The van der Waals surface area contributed by atoms with Crippen molar-refractivity contribution < 1.29 is 23.6 Å². The number of methoxy groups -OCH3 is 2. The van der Waals surface area contributed by atoms with Crippen molar-refractivity contribution in [3.8, 4) is 11.5 Å². The minimum atomic E-state index is -0.406. The average molecular weight is 417 g/mol. The lowest BCUT2D eigenvalue weighted by Crippen LogP contribution is -3.15. The lowest BCUT2D eigenvalue weighted by molar-refractivity contribution is -0.892. The Kier molecular flexibility index (Phi) is 7.52. The van der Waals surface area contributed by atoms with Crippen LogP contribution in [-0.4, -0.2) is 64.3 Å². The average Bonchev–Trinajstić information content (AvgIpc) is 2.78. The van der Waals surface area contributed by atoms with Crippen LogP contribution in [0.25, 0.3) is 0 Å². The fourth-order valence-corrected chi connectivity index (χ4v) is 3.86. The first-order valence-corrected chi connectivity index (χ1v) is 10.4. The molecular weight excluding hydrogens is 385 g/mol. The van der Waals surface area contributed by atoms with Gasteiger partial charge >= 0.3 is 0 Å².